The molecule has 0 aliphatic heterocycles. The second-order valence-corrected chi connectivity index (χ2v) is 5.94. The Bertz CT molecular complexity index is 634. The first-order valence-corrected chi connectivity index (χ1v) is 8.46. The van der Waals surface area contributed by atoms with Gasteiger partial charge in [-0.1, -0.05) is 48.9 Å². The van der Waals surface area contributed by atoms with E-state index in [9.17, 15) is 5.11 Å². The minimum absolute atomic E-state index is 0.437. The van der Waals surface area contributed by atoms with Crippen LogP contribution in [0.2, 0.25) is 5.02 Å². The number of rotatable bonds is 9. The fraction of sp³-hybridized carbons (Fsp3) is 0.368. The van der Waals surface area contributed by atoms with Crippen LogP contribution >= 0.6 is 11.6 Å². The fourth-order valence-electron chi connectivity index (χ4n) is 2.41. The fourth-order valence-corrected chi connectivity index (χ4v) is 2.64. The smallest absolute Gasteiger partial charge is 0.165 e. The lowest BCUT2D eigenvalue weighted by molar-refractivity contribution is 0.174. The molecule has 4 nitrogen and oxygen atoms in total. The summed E-state index contributed by atoms with van der Waals surface area (Å²) in [7, 11) is 1.60. The summed E-state index contributed by atoms with van der Waals surface area (Å²) in [6.07, 6.45) is 0.345. The molecule has 0 aliphatic carbocycles. The zero-order valence-electron chi connectivity index (χ0n) is 14.1. The number of methoxy groups -OCH3 is 1. The van der Waals surface area contributed by atoms with Crippen LogP contribution in [-0.2, 0) is 6.54 Å². The van der Waals surface area contributed by atoms with E-state index < -0.39 is 6.10 Å². The van der Waals surface area contributed by atoms with Crippen molar-refractivity contribution in [2.75, 3.05) is 20.3 Å². The summed E-state index contributed by atoms with van der Waals surface area (Å²) in [4.78, 5) is 0. The van der Waals surface area contributed by atoms with E-state index >= 15 is 0 Å². The van der Waals surface area contributed by atoms with Crippen molar-refractivity contribution in [3.8, 4) is 11.5 Å². The average molecular weight is 350 g/mol. The molecule has 0 saturated heterocycles. The number of ether oxygens (including phenoxy) is 2. The van der Waals surface area contributed by atoms with Crippen molar-refractivity contribution in [3.63, 3.8) is 0 Å². The van der Waals surface area contributed by atoms with E-state index in [1.54, 1.807) is 13.2 Å². The van der Waals surface area contributed by atoms with Crippen molar-refractivity contribution in [2.45, 2.75) is 26.0 Å². The SMILES string of the molecule is CCCOc1c(CNC[C@@H](O)c2ccccc2)cc(Cl)cc1OC. The maximum Gasteiger partial charge on any atom is 0.165 e. The van der Waals surface area contributed by atoms with Crippen molar-refractivity contribution in [1.29, 1.82) is 0 Å². The van der Waals surface area contributed by atoms with Gasteiger partial charge >= 0.3 is 0 Å². The van der Waals surface area contributed by atoms with Crippen molar-refractivity contribution < 1.29 is 14.6 Å². The summed E-state index contributed by atoms with van der Waals surface area (Å²) in [6.45, 7) is 3.63. The maximum atomic E-state index is 10.2. The maximum absolute atomic E-state index is 10.2. The van der Waals surface area contributed by atoms with Gasteiger partial charge in [0.15, 0.2) is 11.5 Å². The zero-order valence-corrected chi connectivity index (χ0v) is 14.8. The molecule has 2 aromatic carbocycles. The van der Waals surface area contributed by atoms with Gasteiger partial charge < -0.3 is 19.9 Å². The topological polar surface area (TPSA) is 50.7 Å². The van der Waals surface area contributed by atoms with E-state index in [4.69, 9.17) is 21.1 Å². The summed E-state index contributed by atoms with van der Waals surface area (Å²) in [5.74, 6) is 1.32. The highest BCUT2D eigenvalue weighted by Crippen LogP contribution is 2.35. The molecule has 0 fully saturated rings. The molecule has 2 N–H and O–H groups in total. The van der Waals surface area contributed by atoms with E-state index in [0.29, 0.717) is 36.2 Å². The Morgan fingerprint density at radius 2 is 1.96 bits per heavy atom. The lowest BCUT2D eigenvalue weighted by Gasteiger charge is -2.17. The molecule has 0 amide bonds. The molecule has 130 valence electrons. The minimum atomic E-state index is -0.563. The van der Waals surface area contributed by atoms with Crippen molar-refractivity contribution in [3.05, 3.63) is 58.6 Å². The summed E-state index contributed by atoms with van der Waals surface area (Å²) in [6, 6.07) is 13.2. The van der Waals surface area contributed by atoms with Gasteiger partial charge in [0.1, 0.15) is 0 Å². The molecule has 24 heavy (non-hydrogen) atoms. The summed E-state index contributed by atoms with van der Waals surface area (Å²) >= 11 is 6.16. The molecular formula is C19H24ClNO3. The molecule has 2 aromatic rings. The number of halogens is 1. The van der Waals surface area contributed by atoms with Crippen LogP contribution in [0.15, 0.2) is 42.5 Å². The van der Waals surface area contributed by atoms with Gasteiger partial charge in [0, 0.05) is 29.7 Å². The van der Waals surface area contributed by atoms with E-state index in [2.05, 4.69) is 12.2 Å². The third kappa shape index (κ3) is 5.13. The van der Waals surface area contributed by atoms with Crippen LogP contribution in [0.25, 0.3) is 0 Å². The molecule has 0 heterocycles. The number of benzene rings is 2. The van der Waals surface area contributed by atoms with Gasteiger partial charge in [0.2, 0.25) is 0 Å². The van der Waals surface area contributed by atoms with E-state index in [1.807, 2.05) is 36.4 Å². The van der Waals surface area contributed by atoms with Gasteiger partial charge in [-0.3, -0.25) is 0 Å². The molecule has 0 unspecified atom stereocenters. The number of aliphatic hydroxyl groups excluding tert-OH is 1. The van der Waals surface area contributed by atoms with Crippen molar-refractivity contribution in [1.82, 2.24) is 5.32 Å². The number of aliphatic hydroxyl groups is 1. The Morgan fingerprint density at radius 3 is 2.62 bits per heavy atom. The standard InChI is InChI=1S/C19H24ClNO3/c1-3-9-24-19-15(10-16(20)11-18(19)23-2)12-21-13-17(22)14-7-5-4-6-8-14/h4-8,10-11,17,21-22H,3,9,12-13H2,1-2H3/t17-/m1/s1. The lowest BCUT2D eigenvalue weighted by Crippen LogP contribution is -2.21. The number of hydrogen-bond acceptors (Lipinski definition) is 4. The highest BCUT2D eigenvalue weighted by Gasteiger charge is 2.13. The zero-order chi connectivity index (χ0) is 17.4. The van der Waals surface area contributed by atoms with E-state index in [1.165, 1.54) is 0 Å². The Balaban J connectivity index is 2.04. The quantitative estimate of drug-likeness (QED) is 0.719. The predicted molar refractivity (Wildman–Crippen MR) is 96.9 cm³/mol. The minimum Gasteiger partial charge on any atom is -0.493 e. The molecule has 5 heteroatoms. The normalized spacial score (nSPS) is 12.0. The highest BCUT2D eigenvalue weighted by molar-refractivity contribution is 6.30. The molecule has 0 spiro atoms. The summed E-state index contributed by atoms with van der Waals surface area (Å²) < 4.78 is 11.2. The monoisotopic (exact) mass is 349 g/mol. The first-order valence-electron chi connectivity index (χ1n) is 8.08. The lowest BCUT2D eigenvalue weighted by atomic mass is 10.1. The van der Waals surface area contributed by atoms with Gasteiger partial charge in [-0.25, -0.2) is 0 Å². The largest absolute Gasteiger partial charge is 0.493 e. The first-order chi connectivity index (χ1) is 11.7. The Hall–Kier alpha value is -1.75. The molecule has 1 atom stereocenters. The highest BCUT2D eigenvalue weighted by atomic mass is 35.5. The van der Waals surface area contributed by atoms with Gasteiger partial charge in [0.05, 0.1) is 19.8 Å². The molecule has 0 bridgehead atoms. The van der Waals surface area contributed by atoms with Gasteiger partial charge in [-0.2, -0.15) is 0 Å². The third-order valence-corrected chi connectivity index (χ3v) is 3.82. The third-order valence-electron chi connectivity index (χ3n) is 3.60. The molecular weight excluding hydrogens is 326 g/mol. The average Bonchev–Trinajstić information content (AvgIpc) is 2.61. The molecule has 2 rings (SSSR count). The van der Waals surface area contributed by atoms with E-state index in [0.717, 1.165) is 17.5 Å². The second-order valence-electron chi connectivity index (χ2n) is 5.50. The van der Waals surface area contributed by atoms with E-state index in [-0.39, 0.29) is 0 Å². The van der Waals surface area contributed by atoms with Crippen LogP contribution in [0, 0.1) is 0 Å². The summed E-state index contributed by atoms with van der Waals surface area (Å²) in [5, 5.41) is 14.1. The molecule has 0 radical (unpaired) electrons. The van der Waals surface area contributed by atoms with Crippen LogP contribution in [0.3, 0.4) is 0 Å². The van der Waals surface area contributed by atoms with Crippen LogP contribution in [-0.4, -0.2) is 25.4 Å². The Morgan fingerprint density at radius 1 is 1.21 bits per heavy atom. The molecule has 0 aliphatic rings. The van der Waals surface area contributed by atoms with Gasteiger partial charge in [-0.05, 0) is 18.1 Å². The molecule has 0 aromatic heterocycles. The number of hydrogen-bond donors (Lipinski definition) is 2. The summed E-state index contributed by atoms with van der Waals surface area (Å²) in [5.41, 5.74) is 1.80. The second kappa shape index (κ2) is 9.52. The van der Waals surface area contributed by atoms with Crippen LogP contribution in [0.4, 0.5) is 0 Å². The Kier molecular flexibility index (Phi) is 7.37. The van der Waals surface area contributed by atoms with Crippen LogP contribution < -0.4 is 14.8 Å². The molecule has 0 saturated carbocycles. The Labute approximate surface area is 148 Å². The van der Waals surface area contributed by atoms with Crippen LogP contribution in [0.1, 0.15) is 30.6 Å². The van der Waals surface area contributed by atoms with Crippen molar-refractivity contribution in [2.24, 2.45) is 0 Å². The number of nitrogens with one attached hydrogen (secondary N) is 1. The predicted octanol–water partition coefficient (Wildman–Crippen LogP) is 3.96. The van der Waals surface area contributed by atoms with Crippen LogP contribution in [0.5, 0.6) is 11.5 Å². The van der Waals surface area contributed by atoms with Gasteiger partial charge in [-0.15, -0.1) is 0 Å². The van der Waals surface area contributed by atoms with Crippen molar-refractivity contribution >= 4 is 11.6 Å². The first kappa shape index (κ1) is 18.6. The van der Waals surface area contributed by atoms with Gasteiger partial charge in [0.25, 0.3) is 0 Å².